The molecule has 1 aliphatic carbocycles. The molecule has 1 rings (SSSR count). The highest BCUT2D eigenvalue weighted by molar-refractivity contribution is 5.38. The monoisotopic (exact) mass is 127 g/mol. The first kappa shape index (κ1) is 6.49. The number of hydrogen-bond acceptors (Lipinski definition) is 1. The fourth-order valence-corrected chi connectivity index (χ4v) is 0.965. The summed E-state index contributed by atoms with van der Waals surface area (Å²) in [6.45, 7) is 2.24. The second-order valence-corrected chi connectivity index (χ2v) is 2.22. The van der Waals surface area contributed by atoms with E-state index in [1.54, 1.807) is 6.08 Å². The van der Waals surface area contributed by atoms with Gasteiger partial charge in [0.15, 0.2) is 0 Å². The van der Waals surface area contributed by atoms with E-state index < -0.39 is 0 Å². The molecule has 0 aromatic rings. The molecule has 0 heterocycles. The van der Waals surface area contributed by atoms with Crippen LogP contribution in [0.15, 0.2) is 23.0 Å². The molecule has 0 aromatic carbocycles. The third kappa shape index (κ3) is 1.03. The summed E-state index contributed by atoms with van der Waals surface area (Å²) in [6, 6.07) is 0. The van der Waals surface area contributed by atoms with Gasteiger partial charge >= 0.3 is 0 Å². The fraction of sp³-hybridized carbons (Fsp3) is 0.429. The average molecular weight is 127 g/mol. The van der Waals surface area contributed by atoms with E-state index in [-0.39, 0.29) is 5.83 Å². The van der Waals surface area contributed by atoms with Gasteiger partial charge in [-0.05, 0) is 19.4 Å². The van der Waals surface area contributed by atoms with E-state index >= 15 is 0 Å². The average Bonchev–Trinajstić information content (AvgIpc) is 2.12. The smallest absolute Gasteiger partial charge is 0.123 e. The van der Waals surface area contributed by atoms with Crippen LogP contribution in [-0.4, -0.2) is 6.54 Å². The van der Waals surface area contributed by atoms with Crippen molar-refractivity contribution >= 4 is 0 Å². The Labute approximate surface area is 54.0 Å². The molecule has 0 aliphatic heterocycles. The van der Waals surface area contributed by atoms with Crippen LogP contribution in [-0.2, 0) is 0 Å². The maximum atomic E-state index is 12.6. The van der Waals surface area contributed by atoms with Crippen molar-refractivity contribution in [3.05, 3.63) is 23.0 Å². The van der Waals surface area contributed by atoms with Crippen LogP contribution in [0.25, 0.3) is 0 Å². The standard InChI is InChI=1S/C7H10FN/c1-5-2-3-7(8)6(5)4-9/h3H,2,4,9H2,1H3. The summed E-state index contributed by atoms with van der Waals surface area (Å²) >= 11 is 0. The van der Waals surface area contributed by atoms with Gasteiger partial charge in [0.2, 0.25) is 0 Å². The molecular formula is C7H10FN. The molecule has 0 bridgehead atoms. The van der Waals surface area contributed by atoms with Crippen LogP contribution in [0.2, 0.25) is 0 Å². The molecule has 0 saturated heterocycles. The lowest BCUT2D eigenvalue weighted by molar-refractivity contribution is 0.649. The summed E-state index contributed by atoms with van der Waals surface area (Å²) in [5.74, 6) is -0.130. The van der Waals surface area contributed by atoms with E-state index in [9.17, 15) is 4.39 Å². The van der Waals surface area contributed by atoms with Gasteiger partial charge in [0.1, 0.15) is 5.83 Å². The van der Waals surface area contributed by atoms with E-state index in [0.29, 0.717) is 12.1 Å². The Balaban J connectivity index is 2.83. The molecule has 0 radical (unpaired) electrons. The zero-order valence-electron chi connectivity index (χ0n) is 5.45. The summed E-state index contributed by atoms with van der Waals surface area (Å²) in [4.78, 5) is 0. The molecule has 0 atom stereocenters. The molecule has 50 valence electrons. The van der Waals surface area contributed by atoms with Crippen LogP contribution in [0.3, 0.4) is 0 Å². The molecule has 0 spiro atoms. The summed E-state index contributed by atoms with van der Waals surface area (Å²) in [5, 5.41) is 0. The van der Waals surface area contributed by atoms with Crippen LogP contribution in [0.4, 0.5) is 4.39 Å². The van der Waals surface area contributed by atoms with Crippen LogP contribution in [0.5, 0.6) is 0 Å². The molecule has 0 amide bonds. The Morgan fingerprint density at radius 3 is 2.67 bits per heavy atom. The fourth-order valence-electron chi connectivity index (χ4n) is 0.965. The first-order chi connectivity index (χ1) is 4.25. The van der Waals surface area contributed by atoms with E-state index in [4.69, 9.17) is 5.73 Å². The van der Waals surface area contributed by atoms with Crippen LogP contribution in [0.1, 0.15) is 13.3 Å². The molecule has 2 N–H and O–H groups in total. The van der Waals surface area contributed by atoms with E-state index in [0.717, 1.165) is 12.0 Å². The van der Waals surface area contributed by atoms with Crippen molar-refractivity contribution in [1.29, 1.82) is 0 Å². The van der Waals surface area contributed by atoms with Crippen molar-refractivity contribution in [1.82, 2.24) is 0 Å². The van der Waals surface area contributed by atoms with Crippen LogP contribution < -0.4 is 5.73 Å². The quantitative estimate of drug-likeness (QED) is 0.567. The lowest BCUT2D eigenvalue weighted by Gasteiger charge is -1.96. The van der Waals surface area contributed by atoms with Gasteiger partial charge in [0.25, 0.3) is 0 Å². The largest absolute Gasteiger partial charge is 0.326 e. The van der Waals surface area contributed by atoms with Gasteiger partial charge in [-0.15, -0.1) is 0 Å². The van der Waals surface area contributed by atoms with Crippen LogP contribution >= 0.6 is 0 Å². The van der Waals surface area contributed by atoms with Gasteiger partial charge in [-0.25, -0.2) is 4.39 Å². The molecule has 0 unspecified atom stereocenters. The second-order valence-electron chi connectivity index (χ2n) is 2.22. The Hall–Kier alpha value is -0.630. The van der Waals surface area contributed by atoms with Crippen molar-refractivity contribution in [2.75, 3.05) is 6.54 Å². The number of allylic oxidation sites excluding steroid dienone is 2. The van der Waals surface area contributed by atoms with Crippen molar-refractivity contribution in [3.8, 4) is 0 Å². The number of hydrogen-bond donors (Lipinski definition) is 1. The maximum absolute atomic E-state index is 12.6. The number of halogens is 1. The highest BCUT2D eigenvalue weighted by atomic mass is 19.1. The van der Waals surface area contributed by atoms with Crippen molar-refractivity contribution < 1.29 is 4.39 Å². The Kier molecular flexibility index (Phi) is 1.67. The highest BCUT2D eigenvalue weighted by Gasteiger charge is 2.11. The maximum Gasteiger partial charge on any atom is 0.123 e. The minimum Gasteiger partial charge on any atom is -0.326 e. The van der Waals surface area contributed by atoms with Gasteiger partial charge in [0.05, 0.1) is 0 Å². The minimum atomic E-state index is -0.130. The summed E-state index contributed by atoms with van der Waals surface area (Å²) < 4.78 is 12.6. The van der Waals surface area contributed by atoms with E-state index in [1.165, 1.54) is 0 Å². The number of nitrogens with two attached hydrogens (primary N) is 1. The lowest BCUT2D eigenvalue weighted by Crippen LogP contribution is -2.03. The van der Waals surface area contributed by atoms with Crippen molar-refractivity contribution in [3.63, 3.8) is 0 Å². The first-order valence-corrected chi connectivity index (χ1v) is 3.00. The Bertz CT molecular complexity index is 179. The third-order valence-corrected chi connectivity index (χ3v) is 1.60. The molecule has 0 fully saturated rings. The molecule has 2 heteroatoms. The highest BCUT2D eigenvalue weighted by Crippen LogP contribution is 2.25. The zero-order valence-corrected chi connectivity index (χ0v) is 5.45. The number of rotatable bonds is 1. The Morgan fingerprint density at radius 2 is 2.44 bits per heavy atom. The third-order valence-electron chi connectivity index (χ3n) is 1.60. The predicted molar refractivity (Wildman–Crippen MR) is 35.6 cm³/mol. The van der Waals surface area contributed by atoms with Gasteiger partial charge in [0, 0.05) is 12.1 Å². The summed E-state index contributed by atoms with van der Waals surface area (Å²) in [7, 11) is 0. The molecular weight excluding hydrogens is 117 g/mol. The first-order valence-electron chi connectivity index (χ1n) is 3.00. The topological polar surface area (TPSA) is 26.0 Å². The van der Waals surface area contributed by atoms with Crippen molar-refractivity contribution in [2.24, 2.45) is 5.73 Å². The van der Waals surface area contributed by atoms with Gasteiger partial charge < -0.3 is 5.73 Å². The Morgan fingerprint density at radius 1 is 1.78 bits per heavy atom. The van der Waals surface area contributed by atoms with Crippen LogP contribution in [0, 0.1) is 0 Å². The van der Waals surface area contributed by atoms with Crippen molar-refractivity contribution in [2.45, 2.75) is 13.3 Å². The summed E-state index contributed by atoms with van der Waals surface area (Å²) in [5.41, 5.74) is 7.03. The van der Waals surface area contributed by atoms with E-state index in [2.05, 4.69) is 0 Å². The van der Waals surface area contributed by atoms with E-state index in [1.807, 2.05) is 6.92 Å². The predicted octanol–water partition coefficient (Wildman–Crippen LogP) is 1.52. The molecule has 0 saturated carbocycles. The molecule has 1 nitrogen and oxygen atoms in total. The lowest BCUT2D eigenvalue weighted by atomic mass is 10.2. The molecule has 1 aliphatic rings. The zero-order chi connectivity index (χ0) is 6.85. The molecule has 9 heavy (non-hydrogen) atoms. The van der Waals surface area contributed by atoms with Gasteiger partial charge in [-0.1, -0.05) is 5.57 Å². The minimum absolute atomic E-state index is 0.130. The van der Waals surface area contributed by atoms with Gasteiger partial charge in [-0.2, -0.15) is 0 Å². The summed E-state index contributed by atoms with van der Waals surface area (Å²) in [6.07, 6.45) is 2.30. The molecule has 0 aromatic heterocycles. The second kappa shape index (κ2) is 2.31. The normalized spacial score (nSPS) is 18.8. The SMILES string of the molecule is CC1=C(CN)C(F)=CC1. The van der Waals surface area contributed by atoms with Gasteiger partial charge in [-0.3, -0.25) is 0 Å².